The van der Waals surface area contributed by atoms with E-state index in [0.29, 0.717) is 29.4 Å². The second kappa shape index (κ2) is 5.93. The largest absolute Gasteiger partial charge is 0.398 e. The molecule has 0 spiro atoms. The van der Waals surface area contributed by atoms with Gasteiger partial charge in [-0.25, -0.2) is 0 Å². The number of halogens is 1. The molecule has 6 heteroatoms. The number of amides is 2. The number of carbonyl (C=O) groups excluding carboxylic acids is 2. The Labute approximate surface area is 116 Å². The van der Waals surface area contributed by atoms with Gasteiger partial charge in [-0.3, -0.25) is 9.59 Å². The average molecular weight is 282 g/mol. The van der Waals surface area contributed by atoms with Gasteiger partial charge in [0, 0.05) is 29.7 Å². The van der Waals surface area contributed by atoms with Gasteiger partial charge in [-0.2, -0.15) is 0 Å². The maximum absolute atomic E-state index is 11.8. The molecule has 1 aliphatic carbocycles. The number of nitrogen functional groups attached to an aromatic ring is 1. The molecule has 102 valence electrons. The zero-order valence-electron chi connectivity index (χ0n) is 10.4. The Morgan fingerprint density at radius 1 is 1.26 bits per heavy atom. The molecule has 4 N–H and O–H groups in total. The van der Waals surface area contributed by atoms with Crippen LogP contribution in [0.5, 0.6) is 0 Å². The molecular formula is C13H16ClN3O2. The van der Waals surface area contributed by atoms with E-state index in [9.17, 15) is 9.59 Å². The molecule has 0 heterocycles. The van der Waals surface area contributed by atoms with E-state index >= 15 is 0 Å². The molecule has 1 aromatic rings. The van der Waals surface area contributed by atoms with Gasteiger partial charge in [0.05, 0.1) is 5.56 Å². The van der Waals surface area contributed by atoms with Crippen molar-refractivity contribution in [2.24, 2.45) is 5.92 Å². The fraction of sp³-hybridized carbons (Fsp3) is 0.385. The smallest absolute Gasteiger partial charge is 0.253 e. The summed E-state index contributed by atoms with van der Waals surface area (Å²) in [5.41, 5.74) is 6.43. The van der Waals surface area contributed by atoms with E-state index in [1.165, 1.54) is 6.07 Å². The zero-order chi connectivity index (χ0) is 13.8. The maximum atomic E-state index is 11.8. The molecule has 1 saturated carbocycles. The van der Waals surface area contributed by atoms with Crippen LogP contribution in [0.3, 0.4) is 0 Å². The van der Waals surface area contributed by atoms with Gasteiger partial charge in [-0.05, 0) is 31.0 Å². The Morgan fingerprint density at radius 3 is 2.58 bits per heavy atom. The highest BCUT2D eigenvalue weighted by molar-refractivity contribution is 6.31. The minimum atomic E-state index is -0.269. The SMILES string of the molecule is Nc1cc(Cl)ccc1C(=O)NCCNC(=O)C1CC1. The molecule has 0 aromatic heterocycles. The van der Waals surface area contributed by atoms with Gasteiger partial charge in [0.15, 0.2) is 0 Å². The normalized spacial score (nSPS) is 13.9. The van der Waals surface area contributed by atoms with Crippen molar-refractivity contribution in [2.75, 3.05) is 18.8 Å². The van der Waals surface area contributed by atoms with E-state index in [1.807, 2.05) is 0 Å². The summed E-state index contributed by atoms with van der Waals surface area (Å²) in [6, 6.07) is 4.73. The summed E-state index contributed by atoms with van der Waals surface area (Å²) in [6.07, 6.45) is 1.94. The molecule has 0 saturated heterocycles. The van der Waals surface area contributed by atoms with Gasteiger partial charge >= 0.3 is 0 Å². The van der Waals surface area contributed by atoms with Crippen LogP contribution in [0, 0.1) is 5.92 Å². The van der Waals surface area contributed by atoms with Crippen molar-refractivity contribution in [3.8, 4) is 0 Å². The predicted octanol–water partition coefficient (Wildman–Crippen LogP) is 1.18. The Kier molecular flexibility index (Phi) is 4.27. The second-order valence-corrected chi connectivity index (χ2v) is 4.99. The summed E-state index contributed by atoms with van der Waals surface area (Å²) in [7, 11) is 0. The van der Waals surface area contributed by atoms with Crippen LogP contribution in [-0.4, -0.2) is 24.9 Å². The van der Waals surface area contributed by atoms with Crippen LogP contribution in [0.4, 0.5) is 5.69 Å². The van der Waals surface area contributed by atoms with E-state index in [2.05, 4.69) is 10.6 Å². The summed E-state index contributed by atoms with van der Waals surface area (Å²) in [5.74, 6) is -0.0160. The van der Waals surface area contributed by atoms with Crippen LogP contribution in [0.2, 0.25) is 5.02 Å². The number of hydrogen-bond donors (Lipinski definition) is 3. The first-order valence-corrected chi connectivity index (χ1v) is 6.56. The Balaban J connectivity index is 1.75. The molecule has 0 atom stereocenters. The quantitative estimate of drug-likeness (QED) is 0.560. The summed E-state index contributed by atoms with van der Waals surface area (Å²) in [5, 5.41) is 5.96. The van der Waals surface area contributed by atoms with Crippen LogP contribution >= 0.6 is 11.6 Å². The summed E-state index contributed by atoms with van der Waals surface area (Å²) in [6.45, 7) is 0.800. The standard InChI is InChI=1S/C13H16ClN3O2/c14-9-3-4-10(11(15)7-9)13(19)17-6-5-16-12(18)8-1-2-8/h3-4,7-8H,1-2,5-6,15H2,(H,16,18)(H,17,19). The van der Waals surface area contributed by atoms with E-state index in [1.54, 1.807) is 12.1 Å². The minimum absolute atomic E-state index is 0.0697. The van der Waals surface area contributed by atoms with Crippen LogP contribution < -0.4 is 16.4 Å². The van der Waals surface area contributed by atoms with Gasteiger partial charge in [0.25, 0.3) is 5.91 Å². The summed E-state index contributed by atoms with van der Waals surface area (Å²) in [4.78, 5) is 23.2. The molecule has 0 bridgehead atoms. The zero-order valence-corrected chi connectivity index (χ0v) is 11.2. The number of hydrogen-bond acceptors (Lipinski definition) is 3. The van der Waals surface area contributed by atoms with Crippen LogP contribution in [0.15, 0.2) is 18.2 Å². The van der Waals surface area contributed by atoms with Crippen molar-refractivity contribution in [3.63, 3.8) is 0 Å². The molecule has 2 amide bonds. The molecule has 0 radical (unpaired) electrons. The molecule has 1 aliphatic rings. The van der Waals surface area contributed by atoms with Crippen molar-refractivity contribution in [1.82, 2.24) is 10.6 Å². The van der Waals surface area contributed by atoms with Gasteiger partial charge in [0.1, 0.15) is 0 Å². The van der Waals surface area contributed by atoms with Crippen LogP contribution in [-0.2, 0) is 4.79 Å². The number of nitrogens with one attached hydrogen (secondary N) is 2. The third-order valence-corrected chi connectivity index (χ3v) is 3.15. The molecule has 1 fully saturated rings. The number of anilines is 1. The number of nitrogens with two attached hydrogens (primary N) is 1. The lowest BCUT2D eigenvalue weighted by Crippen LogP contribution is -2.35. The number of rotatable bonds is 5. The molecule has 2 rings (SSSR count). The van der Waals surface area contributed by atoms with E-state index in [4.69, 9.17) is 17.3 Å². The molecular weight excluding hydrogens is 266 g/mol. The lowest BCUT2D eigenvalue weighted by Gasteiger charge is -2.08. The van der Waals surface area contributed by atoms with Crippen LogP contribution in [0.1, 0.15) is 23.2 Å². The minimum Gasteiger partial charge on any atom is -0.398 e. The second-order valence-electron chi connectivity index (χ2n) is 4.55. The Hall–Kier alpha value is -1.75. The van der Waals surface area contributed by atoms with Crippen molar-refractivity contribution in [1.29, 1.82) is 0 Å². The topological polar surface area (TPSA) is 84.2 Å². The highest BCUT2D eigenvalue weighted by Crippen LogP contribution is 2.28. The maximum Gasteiger partial charge on any atom is 0.253 e. The molecule has 0 unspecified atom stereocenters. The highest BCUT2D eigenvalue weighted by Gasteiger charge is 2.28. The van der Waals surface area contributed by atoms with Crippen molar-refractivity contribution in [2.45, 2.75) is 12.8 Å². The van der Waals surface area contributed by atoms with Gasteiger partial charge in [-0.15, -0.1) is 0 Å². The van der Waals surface area contributed by atoms with Gasteiger partial charge < -0.3 is 16.4 Å². The number of benzene rings is 1. The van der Waals surface area contributed by atoms with Gasteiger partial charge in [-0.1, -0.05) is 11.6 Å². The lowest BCUT2D eigenvalue weighted by atomic mass is 10.1. The van der Waals surface area contributed by atoms with E-state index in [0.717, 1.165) is 12.8 Å². The van der Waals surface area contributed by atoms with Crippen LogP contribution in [0.25, 0.3) is 0 Å². The third kappa shape index (κ3) is 3.86. The molecule has 1 aromatic carbocycles. The third-order valence-electron chi connectivity index (χ3n) is 2.92. The van der Waals surface area contributed by atoms with Crippen molar-refractivity contribution >= 4 is 29.1 Å². The fourth-order valence-electron chi connectivity index (χ4n) is 1.69. The Bertz CT molecular complexity index is 501. The first-order valence-electron chi connectivity index (χ1n) is 6.19. The fourth-order valence-corrected chi connectivity index (χ4v) is 1.87. The lowest BCUT2D eigenvalue weighted by molar-refractivity contribution is -0.122. The monoisotopic (exact) mass is 281 g/mol. The first kappa shape index (κ1) is 13.7. The predicted molar refractivity (Wildman–Crippen MR) is 73.9 cm³/mol. The number of carbonyl (C=O) groups is 2. The summed E-state index contributed by atoms with van der Waals surface area (Å²) < 4.78 is 0. The molecule has 5 nitrogen and oxygen atoms in total. The molecule has 0 aliphatic heterocycles. The van der Waals surface area contributed by atoms with Crippen molar-refractivity contribution < 1.29 is 9.59 Å². The molecule has 19 heavy (non-hydrogen) atoms. The van der Waals surface area contributed by atoms with Gasteiger partial charge in [0.2, 0.25) is 5.91 Å². The van der Waals surface area contributed by atoms with E-state index < -0.39 is 0 Å². The van der Waals surface area contributed by atoms with E-state index in [-0.39, 0.29) is 17.7 Å². The average Bonchev–Trinajstić information content (AvgIpc) is 3.18. The summed E-state index contributed by atoms with van der Waals surface area (Å²) >= 11 is 5.76. The highest BCUT2D eigenvalue weighted by atomic mass is 35.5. The Morgan fingerprint density at radius 2 is 1.95 bits per heavy atom. The van der Waals surface area contributed by atoms with Crippen molar-refractivity contribution in [3.05, 3.63) is 28.8 Å². The first-order chi connectivity index (χ1) is 9.08.